The number of aliphatic carboxylic acids is 3. The number of carboxylic acid groups (broad SMARTS) is 3. The number of H-pyrrole nitrogens is 1. The lowest BCUT2D eigenvalue weighted by molar-refractivity contribution is -0.142. The number of thioether (sulfide) groups is 1. The van der Waals surface area contributed by atoms with E-state index in [1.165, 1.54) is 48.6 Å². The van der Waals surface area contributed by atoms with Crippen molar-refractivity contribution in [1.29, 1.82) is 0 Å². The van der Waals surface area contributed by atoms with E-state index in [1.807, 2.05) is 0 Å². The van der Waals surface area contributed by atoms with Crippen LogP contribution in [0.15, 0.2) is 36.8 Å². The molecule has 35 heteroatoms. The number of hydrogen-bond donors (Lipinski definition) is 18. The van der Waals surface area contributed by atoms with Gasteiger partial charge in [0, 0.05) is 50.6 Å². The Morgan fingerprint density at radius 2 is 1.16 bits per heavy atom. The van der Waals surface area contributed by atoms with E-state index in [2.05, 4.69) is 79.1 Å². The Labute approximate surface area is 520 Å². The van der Waals surface area contributed by atoms with E-state index < -0.39 is 170 Å². The Morgan fingerprint density at radius 3 is 1.73 bits per heavy atom. The maximum Gasteiger partial charge on any atom is 0.326 e. The van der Waals surface area contributed by atoms with Gasteiger partial charge in [0.25, 0.3) is 0 Å². The number of phenolic OH excluding ortho intramolecular Hbond substituents is 1. The molecule has 0 aliphatic carbocycles. The average Bonchev–Trinajstić information content (AvgIpc) is 1.80. The van der Waals surface area contributed by atoms with Crippen LogP contribution < -0.4 is 69.1 Å². The van der Waals surface area contributed by atoms with E-state index in [-0.39, 0.29) is 55.1 Å². The number of nitrogens with zero attached hydrogens (tertiary/aromatic N) is 1. The van der Waals surface area contributed by atoms with Crippen LogP contribution in [0, 0.1) is 5.92 Å². The summed E-state index contributed by atoms with van der Waals surface area (Å²) < 4.78 is -0.950. The lowest BCUT2D eigenvalue weighted by Crippen LogP contribution is -2.58. The van der Waals surface area contributed by atoms with Crippen LogP contribution in [0.3, 0.4) is 0 Å². The fourth-order valence-corrected chi connectivity index (χ4v) is 10.9. The van der Waals surface area contributed by atoms with Gasteiger partial charge in [-0.25, -0.2) is 14.6 Å². The summed E-state index contributed by atoms with van der Waals surface area (Å²) in [6.07, 6.45) is 4.24. The van der Waals surface area contributed by atoms with Crippen LogP contribution in [-0.4, -0.2) is 212 Å². The number of rotatable bonds is 41. The number of nitrogens with one attached hydrogen (secondary N) is 14. The molecule has 0 saturated carbocycles. The number of imidazole rings is 1. The Bertz CT molecular complexity index is 2880. The maximum atomic E-state index is 13.7. The molecule has 2 aliphatic heterocycles. The molecular formula is C55H79N15O19S. The van der Waals surface area contributed by atoms with Crippen molar-refractivity contribution in [1.82, 2.24) is 79.1 Å². The standard InChI is InChI=1S/C55H79N15O19S/c1-3-30(2)47(51(85)63-27-43(77)65-34(15-16-46(81)82)49(83)66-35(20-32-21-56-29-64-32)50(84)67-36(52(86)87)19-31-11-13-33(71)14-12-31)69-44(78)26-62-42(76)25-61-41(75)24-60-40(74)23-59-39(73)22-58-38(72)9-5-4-8-18-57-53(88)55(17-7-6-10-45(79)80)48-37(28-90-55)68-54(89)70-48/h11-14,21,29-30,34-37,47-48,71H,3-10,15-20,22-28H2,1-2H3,(H,56,64)(H,57,88)(H,58,72)(H,59,73)(H,60,74)(H,61,75)(H,62,76)(H,63,85)(H,65,77)(H,66,83)(H,67,84)(H,69,78)(H,79,80)(H,81,82)(H,86,87)(H2,68,70,89)/t30-,34-,35-,36-,37-,47-,48-,55-/m0/s1. The molecule has 1 aromatic carbocycles. The van der Waals surface area contributed by atoms with Gasteiger partial charge in [-0.3, -0.25) is 62.3 Å². The number of carbonyl (C=O) groups excluding carboxylic acids is 12. The summed E-state index contributed by atoms with van der Waals surface area (Å²) in [6.45, 7) is -0.109. The molecular weight excluding hydrogens is 1210 g/mol. The summed E-state index contributed by atoms with van der Waals surface area (Å²) in [5, 5.41) is 69.9. The van der Waals surface area contributed by atoms with Gasteiger partial charge in [-0.1, -0.05) is 45.2 Å². The first-order valence-corrected chi connectivity index (χ1v) is 30.0. The van der Waals surface area contributed by atoms with E-state index in [1.54, 1.807) is 13.8 Å². The van der Waals surface area contributed by atoms with E-state index in [0.717, 1.165) is 0 Å². The predicted molar refractivity (Wildman–Crippen MR) is 316 cm³/mol. The van der Waals surface area contributed by atoms with E-state index >= 15 is 0 Å². The van der Waals surface area contributed by atoms with Crippen molar-refractivity contribution >= 4 is 101 Å². The molecule has 34 nitrogen and oxygen atoms in total. The maximum absolute atomic E-state index is 13.7. The van der Waals surface area contributed by atoms with Crippen LogP contribution in [0.4, 0.5) is 4.79 Å². The van der Waals surface area contributed by atoms with Crippen molar-refractivity contribution in [2.75, 3.05) is 51.6 Å². The molecule has 2 saturated heterocycles. The third-order valence-corrected chi connectivity index (χ3v) is 16.0. The van der Waals surface area contributed by atoms with Crippen LogP contribution in [0.2, 0.25) is 0 Å². The normalized spacial score (nSPS) is 17.1. The Hall–Kier alpha value is -9.57. The molecule has 18 N–H and O–H groups in total. The summed E-state index contributed by atoms with van der Waals surface area (Å²) in [6, 6.07) is -1.35. The monoisotopic (exact) mass is 1290 g/mol. The summed E-state index contributed by atoms with van der Waals surface area (Å²) in [5.74, 6) is -12.3. The van der Waals surface area contributed by atoms with Gasteiger partial charge in [-0.2, -0.15) is 0 Å². The molecule has 2 fully saturated rings. The number of urea groups is 1. The van der Waals surface area contributed by atoms with E-state index in [4.69, 9.17) is 5.11 Å². The largest absolute Gasteiger partial charge is 0.508 e. The smallest absolute Gasteiger partial charge is 0.326 e. The molecule has 2 aromatic rings. The number of aromatic nitrogens is 2. The zero-order valence-corrected chi connectivity index (χ0v) is 50.4. The molecule has 0 radical (unpaired) electrons. The molecule has 1 aromatic heterocycles. The number of amides is 13. The zero-order chi connectivity index (χ0) is 66.3. The highest BCUT2D eigenvalue weighted by Gasteiger charge is 2.57. The number of carboxylic acids is 3. The van der Waals surface area contributed by atoms with Crippen LogP contribution >= 0.6 is 11.8 Å². The minimum Gasteiger partial charge on any atom is -0.508 e. The molecule has 0 unspecified atom stereocenters. The second kappa shape index (κ2) is 37.3. The van der Waals surface area contributed by atoms with Crippen molar-refractivity contribution in [3.05, 3.63) is 48.0 Å². The number of unbranched alkanes of at least 4 members (excludes halogenated alkanes) is 3. The number of phenols is 1. The fourth-order valence-electron chi connectivity index (χ4n) is 9.25. The molecule has 0 bridgehead atoms. The minimum atomic E-state index is -1.60. The quantitative estimate of drug-likeness (QED) is 0.0220. The van der Waals surface area contributed by atoms with Crippen LogP contribution in [0.25, 0.3) is 0 Å². The van der Waals surface area contributed by atoms with E-state index in [9.17, 15) is 87.2 Å². The molecule has 3 heterocycles. The van der Waals surface area contributed by atoms with Gasteiger partial charge in [0.05, 0.1) is 63.4 Å². The summed E-state index contributed by atoms with van der Waals surface area (Å²) in [5.41, 5.74) is 0.709. The lowest BCUT2D eigenvalue weighted by atomic mass is 9.88. The third kappa shape index (κ3) is 25.6. The number of fused-ring (bicyclic) bond motifs is 1. The van der Waals surface area contributed by atoms with Gasteiger partial charge in [0.2, 0.25) is 65.0 Å². The topological polar surface area (TPSA) is 522 Å². The van der Waals surface area contributed by atoms with Crippen molar-refractivity contribution < 1.29 is 92.3 Å². The summed E-state index contributed by atoms with van der Waals surface area (Å²) >= 11 is 1.43. The van der Waals surface area contributed by atoms with Gasteiger partial charge in [0.15, 0.2) is 0 Å². The molecule has 90 heavy (non-hydrogen) atoms. The Morgan fingerprint density at radius 1 is 0.600 bits per heavy atom. The van der Waals surface area contributed by atoms with Crippen molar-refractivity contribution in [2.24, 2.45) is 5.92 Å². The molecule has 8 atom stereocenters. The number of benzene rings is 1. The van der Waals surface area contributed by atoms with Crippen LogP contribution in [0.1, 0.15) is 95.7 Å². The lowest BCUT2D eigenvalue weighted by Gasteiger charge is -2.32. The van der Waals surface area contributed by atoms with E-state index in [0.29, 0.717) is 62.8 Å². The molecule has 0 spiro atoms. The van der Waals surface area contributed by atoms with Gasteiger partial charge in [0.1, 0.15) is 34.7 Å². The highest BCUT2D eigenvalue weighted by Crippen LogP contribution is 2.44. The molecule has 4 rings (SSSR count). The SMILES string of the molecule is CC[C@H](C)[C@H](NC(=O)CNC(=O)CNC(=O)CNC(=O)CNC(=O)CNC(=O)CCCCCNC(=O)[C@@]1(CCCCC(=O)O)SC[C@@H]2NC(=O)N[C@@H]21)C(=O)NCC(=O)N[C@@H](CCC(=O)O)C(=O)N[C@@H](Cc1c[nH]cn1)C(=O)N[C@@H](Cc1ccc(O)cc1)C(=O)O. The zero-order valence-electron chi connectivity index (χ0n) is 49.6. The highest BCUT2D eigenvalue weighted by molar-refractivity contribution is 8.01. The van der Waals surface area contributed by atoms with Crippen molar-refractivity contribution in [3.8, 4) is 5.75 Å². The van der Waals surface area contributed by atoms with Gasteiger partial charge >= 0.3 is 23.9 Å². The summed E-state index contributed by atoms with van der Waals surface area (Å²) in [4.78, 5) is 195. The first-order chi connectivity index (χ1) is 42.8. The Balaban J connectivity index is 1.11. The number of carbonyl (C=O) groups is 15. The van der Waals surface area contributed by atoms with Gasteiger partial charge < -0.3 is 94.5 Å². The van der Waals surface area contributed by atoms with Crippen molar-refractivity contribution in [2.45, 2.75) is 138 Å². The fraction of sp³-hybridized carbons (Fsp3) is 0.564. The van der Waals surface area contributed by atoms with Crippen molar-refractivity contribution in [3.63, 3.8) is 0 Å². The molecule has 494 valence electrons. The second-order valence-electron chi connectivity index (χ2n) is 21.3. The van der Waals surface area contributed by atoms with Crippen LogP contribution in [-0.2, 0) is 80.0 Å². The first-order valence-electron chi connectivity index (χ1n) is 29.0. The number of aromatic amines is 1. The van der Waals surface area contributed by atoms with Gasteiger partial charge in [-0.15, -0.1) is 11.8 Å². The minimum absolute atomic E-state index is 0.0298. The Kier molecular flexibility index (Phi) is 30.2. The van der Waals surface area contributed by atoms with Crippen LogP contribution in [0.5, 0.6) is 5.75 Å². The van der Waals surface area contributed by atoms with Gasteiger partial charge in [-0.05, 0) is 55.7 Å². The molecule has 2 aliphatic rings. The second-order valence-corrected chi connectivity index (χ2v) is 22.6. The predicted octanol–water partition coefficient (Wildman–Crippen LogP) is -4.61. The number of hydrogen-bond acceptors (Lipinski definition) is 18. The first kappa shape index (κ1) is 72.9. The molecule has 13 amide bonds. The third-order valence-electron chi connectivity index (χ3n) is 14.3. The summed E-state index contributed by atoms with van der Waals surface area (Å²) in [7, 11) is 0. The average molecular weight is 1290 g/mol. The number of aromatic hydroxyl groups is 1. The highest BCUT2D eigenvalue weighted by atomic mass is 32.2.